The summed E-state index contributed by atoms with van der Waals surface area (Å²) in [7, 11) is 0. The van der Waals surface area contributed by atoms with Gasteiger partial charge in [0, 0.05) is 6.54 Å². The Bertz CT molecular complexity index is 273. The van der Waals surface area contributed by atoms with Crippen molar-refractivity contribution < 1.29 is 9.50 Å². The average Bonchev–Trinajstić information content (AvgIpc) is 2.26. The molecule has 15 heavy (non-hydrogen) atoms. The number of halogens is 1. The fourth-order valence-electron chi connectivity index (χ4n) is 1.31. The standard InChI is InChI=1S/C12H18FNO/c1-2-12(15)7-8-14-9-10-3-5-11(13)6-4-10/h3-6,12,14-15H,2,7-9H2,1H3. The largest absolute Gasteiger partial charge is 0.393 e. The first kappa shape index (κ1) is 12.1. The molecule has 0 heterocycles. The first-order chi connectivity index (χ1) is 7.22. The van der Waals surface area contributed by atoms with Crippen LogP contribution in [-0.4, -0.2) is 17.8 Å². The molecule has 2 nitrogen and oxygen atoms in total. The van der Waals surface area contributed by atoms with Gasteiger partial charge in [0.25, 0.3) is 0 Å². The second-order valence-corrected chi connectivity index (χ2v) is 3.65. The van der Waals surface area contributed by atoms with E-state index in [1.54, 1.807) is 12.1 Å². The highest BCUT2D eigenvalue weighted by atomic mass is 19.1. The van der Waals surface area contributed by atoms with Gasteiger partial charge in [-0.15, -0.1) is 0 Å². The Balaban J connectivity index is 2.17. The van der Waals surface area contributed by atoms with E-state index in [0.717, 1.165) is 31.5 Å². The van der Waals surface area contributed by atoms with Gasteiger partial charge in [-0.25, -0.2) is 4.39 Å². The molecule has 1 aromatic rings. The number of rotatable bonds is 6. The van der Waals surface area contributed by atoms with E-state index in [-0.39, 0.29) is 11.9 Å². The van der Waals surface area contributed by atoms with Crippen LogP contribution in [0.1, 0.15) is 25.3 Å². The van der Waals surface area contributed by atoms with Crippen LogP contribution in [0.5, 0.6) is 0 Å². The van der Waals surface area contributed by atoms with E-state index >= 15 is 0 Å². The van der Waals surface area contributed by atoms with Gasteiger partial charge in [0.05, 0.1) is 6.10 Å². The van der Waals surface area contributed by atoms with E-state index in [0.29, 0.717) is 0 Å². The van der Waals surface area contributed by atoms with Gasteiger partial charge in [0.15, 0.2) is 0 Å². The number of nitrogens with one attached hydrogen (secondary N) is 1. The lowest BCUT2D eigenvalue weighted by Gasteiger charge is -2.08. The molecule has 1 aromatic carbocycles. The van der Waals surface area contributed by atoms with Gasteiger partial charge in [-0.3, -0.25) is 0 Å². The fourth-order valence-corrected chi connectivity index (χ4v) is 1.31. The summed E-state index contributed by atoms with van der Waals surface area (Å²) < 4.78 is 12.6. The van der Waals surface area contributed by atoms with Crippen molar-refractivity contribution in [2.75, 3.05) is 6.54 Å². The zero-order chi connectivity index (χ0) is 11.1. The summed E-state index contributed by atoms with van der Waals surface area (Å²) in [5.41, 5.74) is 1.06. The van der Waals surface area contributed by atoms with E-state index < -0.39 is 0 Å². The summed E-state index contributed by atoms with van der Waals surface area (Å²) in [6, 6.07) is 6.44. The Morgan fingerprint density at radius 2 is 2.00 bits per heavy atom. The molecule has 0 aliphatic heterocycles. The number of aliphatic hydroxyl groups is 1. The van der Waals surface area contributed by atoms with E-state index in [1.165, 1.54) is 12.1 Å². The van der Waals surface area contributed by atoms with Crippen molar-refractivity contribution in [1.82, 2.24) is 5.32 Å². The van der Waals surface area contributed by atoms with Gasteiger partial charge in [0.1, 0.15) is 5.82 Å². The Morgan fingerprint density at radius 1 is 1.33 bits per heavy atom. The summed E-state index contributed by atoms with van der Waals surface area (Å²) in [5, 5.41) is 12.5. The monoisotopic (exact) mass is 211 g/mol. The van der Waals surface area contributed by atoms with Crippen LogP contribution in [0, 0.1) is 5.82 Å². The molecule has 0 saturated heterocycles. The number of benzene rings is 1. The molecule has 0 bridgehead atoms. The molecule has 1 rings (SSSR count). The molecule has 0 saturated carbocycles. The van der Waals surface area contributed by atoms with Gasteiger partial charge >= 0.3 is 0 Å². The van der Waals surface area contributed by atoms with Gasteiger partial charge in [-0.05, 0) is 37.1 Å². The topological polar surface area (TPSA) is 32.3 Å². The van der Waals surface area contributed by atoms with Crippen molar-refractivity contribution in [3.05, 3.63) is 35.6 Å². The molecule has 0 aromatic heterocycles. The molecule has 1 unspecified atom stereocenters. The predicted molar refractivity (Wildman–Crippen MR) is 59.0 cm³/mol. The minimum absolute atomic E-state index is 0.208. The Morgan fingerprint density at radius 3 is 2.60 bits per heavy atom. The molecule has 0 amide bonds. The summed E-state index contributed by atoms with van der Waals surface area (Å²) in [5.74, 6) is -0.208. The third kappa shape index (κ3) is 4.91. The van der Waals surface area contributed by atoms with Gasteiger partial charge < -0.3 is 10.4 Å². The lowest BCUT2D eigenvalue weighted by molar-refractivity contribution is 0.159. The highest BCUT2D eigenvalue weighted by Gasteiger charge is 1.99. The smallest absolute Gasteiger partial charge is 0.123 e. The fraction of sp³-hybridized carbons (Fsp3) is 0.500. The van der Waals surface area contributed by atoms with Crippen LogP contribution in [0.25, 0.3) is 0 Å². The van der Waals surface area contributed by atoms with Crippen molar-refractivity contribution in [2.24, 2.45) is 0 Å². The van der Waals surface area contributed by atoms with Crippen LogP contribution in [0.2, 0.25) is 0 Å². The minimum Gasteiger partial charge on any atom is -0.393 e. The van der Waals surface area contributed by atoms with Crippen LogP contribution in [0.4, 0.5) is 4.39 Å². The Labute approximate surface area is 90.1 Å². The second-order valence-electron chi connectivity index (χ2n) is 3.65. The average molecular weight is 211 g/mol. The van der Waals surface area contributed by atoms with Crippen LogP contribution >= 0.6 is 0 Å². The molecular formula is C12H18FNO. The molecule has 2 N–H and O–H groups in total. The van der Waals surface area contributed by atoms with E-state index in [9.17, 15) is 9.50 Å². The molecule has 0 spiro atoms. The second kappa shape index (κ2) is 6.53. The van der Waals surface area contributed by atoms with Crippen molar-refractivity contribution >= 4 is 0 Å². The van der Waals surface area contributed by atoms with Gasteiger partial charge in [-0.1, -0.05) is 19.1 Å². The van der Waals surface area contributed by atoms with Gasteiger partial charge in [-0.2, -0.15) is 0 Å². The van der Waals surface area contributed by atoms with E-state index in [4.69, 9.17) is 0 Å². The SMILES string of the molecule is CCC(O)CCNCc1ccc(F)cc1. The molecule has 0 aliphatic carbocycles. The van der Waals surface area contributed by atoms with Crippen molar-refractivity contribution in [3.63, 3.8) is 0 Å². The normalized spacial score (nSPS) is 12.7. The van der Waals surface area contributed by atoms with Crippen LogP contribution in [-0.2, 0) is 6.54 Å². The summed E-state index contributed by atoms with van der Waals surface area (Å²) >= 11 is 0. The first-order valence-electron chi connectivity index (χ1n) is 5.35. The van der Waals surface area contributed by atoms with Crippen molar-refractivity contribution in [3.8, 4) is 0 Å². The first-order valence-corrected chi connectivity index (χ1v) is 5.35. The highest BCUT2D eigenvalue weighted by molar-refractivity contribution is 5.15. The molecule has 0 fully saturated rings. The van der Waals surface area contributed by atoms with Crippen molar-refractivity contribution in [2.45, 2.75) is 32.4 Å². The summed E-state index contributed by atoms with van der Waals surface area (Å²) in [4.78, 5) is 0. The van der Waals surface area contributed by atoms with Crippen LogP contribution < -0.4 is 5.32 Å². The van der Waals surface area contributed by atoms with Crippen LogP contribution in [0.15, 0.2) is 24.3 Å². The molecule has 0 aliphatic rings. The maximum absolute atomic E-state index is 12.6. The van der Waals surface area contributed by atoms with E-state index in [2.05, 4.69) is 5.32 Å². The van der Waals surface area contributed by atoms with Gasteiger partial charge in [0.2, 0.25) is 0 Å². The Hall–Kier alpha value is -0.930. The van der Waals surface area contributed by atoms with Crippen molar-refractivity contribution in [1.29, 1.82) is 0 Å². The molecule has 3 heteroatoms. The maximum Gasteiger partial charge on any atom is 0.123 e. The zero-order valence-corrected chi connectivity index (χ0v) is 9.04. The quantitative estimate of drug-likeness (QED) is 0.706. The minimum atomic E-state index is -0.217. The third-order valence-electron chi connectivity index (χ3n) is 2.37. The molecular weight excluding hydrogens is 193 g/mol. The summed E-state index contributed by atoms with van der Waals surface area (Å²) in [6.45, 7) is 3.47. The van der Waals surface area contributed by atoms with E-state index in [1.807, 2.05) is 6.92 Å². The molecule has 0 radical (unpaired) electrons. The molecule has 1 atom stereocenters. The number of hydrogen-bond acceptors (Lipinski definition) is 2. The number of aliphatic hydroxyl groups excluding tert-OH is 1. The highest BCUT2D eigenvalue weighted by Crippen LogP contribution is 2.02. The zero-order valence-electron chi connectivity index (χ0n) is 9.04. The number of hydrogen-bond donors (Lipinski definition) is 2. The lowest BCUT2D eigenvalue weighted by atomic mass is 10.2. The van der Waals surface area contributed by atoms with Crippen LogP contribution in [0.3, 0.4) is 0 Å². The Kier molecular flexibility index (Phi) is 5.29. The third-order valence-corrected chi connectivity index (χ3v) is 2.37. The molecule has 84 valence electrons. The predicted octanol–water partition coefficient (Wildman–Crippen LogP) is 2.08. The summed E-state index contributed by atoms with van der Waals surface area (Å²) in [6.07, 6.45) is 1.33. The lowest BCUT2D eigenvalue weighted by Crippen LogP contribution is -2.19. The maximum atomic E-state index is 12.6.